The van der Waals surface area contributed by atoms with E-state index in [1.54, 1.807) is 14.0 Å². The third-order valence-corrected chi connectivity index (χ3v) is 4.65. The number of carbonyl (C=O) groups is 1. The average molecular weight is 362 g/mol. The summed E-state index contributed by atoms with van der Waals surface area (Å²) < 4.78 is 11.9. The standard InChI is InChI=1S/C16H18N4O4S/c1-9-7-25-11(19-9)6-17-14(21)12-10(2)24-15-13(12)16(22)20(8-18-15)4-5-23-3/h7-8H,4-6H2,1-3H3,(H,17,21). The molecule has 0 saturated carbocycles. The molecule has 0 atom stereocenters. The molecule has 1 N–H and O–H groups in total. The molecule has 0 saturated heterocycles. The number of fused-ring (bicyclic) bond motifs is 1. The molecule has 132 valence electrons. The SMILES string of the molecule is COCCn1cnc2oc(C)c(C(=O)NCc3nc(C)cs3)c2c1=O. The van der Waals surface area contributed by atoms with Crippen molar-refractivity contribution in [3.63, 3.8) is 0 Å². The topological polar surface area (TPSA) is 99.2 Å². The lowest BCUT2D eigenvalue weighted by molar-refractivity contribution is 0.0950. The van der Waals surface area contributed by atoms with E-state index >= 15 is 0 Å². The number of thiazole rings is 1. The molecule has 0 aliphatic rings. The largest absolute Gasteiger partial charge is 0.442 e. The first-order chi connectivity index (χ1) is 12.0. The zero-order valence-corrected chi connectivity index (χ0v) is 15.0. The molecule has 25 heavy (non-hydrogen) atoms. The van der Waals surface area contributed by atoms with Crippen LogP contribution >= 0.6 is 11.3 Å². The van der Waals surface area contributed by atoms with Gasteiger partial charge in [0.25, 0.3) is 11.5 Å². The van der Waals surface area contributed by atoms with Crippen LogP contribution < -0.4 is 10.9 Å². The highest BCUT2D eigenvalue weighted by Gasteiger charge is 2.22. The van der Waals surface area contributed by atoms with Crippen LogP contribution in [0, 0.1) is 13.8 Å². The Morgan fingerprint density at radius 1 is 1.44 bits per heavy atom. The van der Waals surface area contributed by atoms with E-state index in [1.807, 2.05) is 12.3 Å². The number of rotatable bonds is 6. The van der Waals surface area contributed by atoms with Crippen LogP contribution in [0.4, 0.5) is 0 Å². The predicted molar refractivity (Wildman–Crippen MR) is 92.9 cm³/mol. The Balaban J connectivity index is 1.92. The Morgan fingerprint density at radius 2 is 2.24 bits per heavy atom. The van der Waals surface area contributed by atoms with Crippen LogP contribution in [0.1, 0.15) is 26.8 Å². The maximum absolute atomic E-state index is 12.7. The van der Waals surface area contributed by atoms with Gasteiger partial charge in [0.05, 0.1) is 25.3 Å². The quantitative estimate of drug-likeness (QED) is 0.716. The number of aromatic nitrogens is 3. The minimum atomic E-state index is -0.382. The molecule has 0 unspecified atom stereocenters. The fraction of sp³-hybridized carbons (Fsp3) is 0.375. The molecular formula is C16H18N4O4S. The summed E-state index contributed by atoms with van der Waals surface area (Å²) in [6.45, 7) is 4.55. The average Bonchev–Trinajstić information content (AvgIpc) is 3.15. The first kappa shape index (κ1) is 17.3. The van der Waals surface area contributed by atoms with E-state index in [0.29, 0.717) is 25.5 Å². The molecule has 3 aromatic rings. The molecule has 9 heteroatoms. The van der Waals surface area contributed by atoms with Crippen molar-refractivity contribution in [2.75, 3.05) is 13.7 Å². The summed E-state index contributed by atoms with van der Waals surface area (Å²) in [7, 11) is 1.55. The Kier molecular flexibility index (Phi) is 4.95. The minimum Gasteiger partial charge on any atom is -0.442 e. The van der Waals surface area contributed by atoms with Crippen molar-refractivity contribution in [1.29, 1.82) is 0 Å². The van der Waals surface area contributed by atoms with Gasteiger partial charge >= 0.3 is 0 Å². The smallest absolute Gasteiger partial charge is 0.265 e. The minimum absolute atomic E-state index is 0.159. The molecule has 8 nitrogen and oxygen atoms in total. The molecule has 0 radical (unpaired) electrons. The van der Waals surface area contributed by atoms with Gasteiger partial charge in [0.2, 0.25) is 5.71 Å². The fourth-order valence-electron chi connectivity index (χ4n) is 2.49. The number of methoxy groups -OCH3 is 1. The van der Waals surface area contributed by atoms with Crippen molar-refractivity contribution in [2.24, 2.45) is 0 Å². The molecule has 3 aromatic heterocycles. The normalized spacial score (nSPS) is 11.2. The fourth-order valence-corrected chi connectivity index (χ4v) is 3.20. The van der Waals surface area contributed by atoms with Gasteiger partial charge in [0, 0.05) is 18.2 Å². The van der Waals surface area contributed by atoms with Crippen LogP contribution in [0.3, 0.4) is 0 Å². The zero-order chi connectivity index (χ0) is 18.0. The van der Waals surface area contributed by atoms with Gasteiger partial charge in [0.15, 0.2) is 0 Å². The van der Waals surface area contributed by atoms with Gasteiger partial charge in [0.1, 0.15) is 22.5 Å². The highest BCUT2D eigenvalue weighted by atomic mass is 32.1. The van der Waals surface area contributed by atoms with E-state index < -0.39 is 0 Å². The van der Waals surface area contributed by atoms with E-state index in [1.165, 1.54) is 22.2 Å². The van der Waals surface area contributed by atoms with Crippen molar-refractivity contribution in [3.05, 3.63) is 44.1 Å². The number of nitrogens with one attached hydrogen (secondary N) is 1. The monoisotopic (exact) mass is 362 g/mol. The van der Waals surface area contributed by atoms with E-state index in [9.17, 15) is 9.59 Å². The highest BCUT2D eigenvalue weighted by Crippen LogP contribution is 2.21. The molecule has 3 rings (SSSR count). The number of nitrogens with zero attached hydrogens (tertiary/aromatic N) is 3. The van der Waals surface area contributed by atoms with Gasteiger partial charge in [-0.25, -0.2) is 9.97 Å². The summed E-state index contributed by atoms with van der Waals surface area (Å²) >= 11 is 1.47. The Labute approximate surface area is 147 Å². The van der Waals surface area contributed by atoms with Gasteiger partial charge < -0.3 is 14.5 Å². The van der Waals surface area contributed by atoms with Gasteiger partial charge in [-0.1, -0.05) is 0 Å². The lowest BCUT2D eigenvalue weighted by Crippen LogP contribution is -2.27. The lowest BCUT2D eigenvalue weighted by atomic mass is 10.2. The molecule has 0 aliphatic carbocycles. The van der Waals surface area contributed by atoms with E-state index in [4.69, 9.17) is 9.15 Å². The molecule has 3 heterocycles. The molecule has 0 bridgehead atoms. The molecule has 0 fully saturated rings. The second-order valence-electron chi connectivity index (χ2n) is 5.51. The maximum Gasteiger partial charge on any atom is 0.265 e. The number of hydrogen-bond acceptors (Lipinski definition) is 7. The number of furan rings is 1. The van der Waals surface area contributed by atoms with Crippen LogP contribution in [0.25, 0.3) is 11.1 Å². The van der Waals surface area contributed by atoms with Crippen molar-refractivity contribution < 1.29 is 13.9 Å². The van der Waals surface area contributed by atoms with Crippen LogP contribution in [-0.2, 0) is 17.8 Å². The van der Waals surface area contributed by atoms with Crippen molar-refractivity contribution in [2.45, 2.75) is 26.9 Å². The van der Waals surface area contributed by atoms with Crippen molar-refractivity contribution in [1.82, 2.24) is 19.9 Å². The Morgan fingerprint density at radius 3 is 2.92 bits per heavy atom. The van der Waals surface area contributed by atoms with Crippen LogP contribution in [0.2, 0.25) is 0 Å². The van der Waals surface area contributed by atoms with Crippen LogP contribution in [-0.4, -0.2) is 34.2 Å². The molecule has 0 aromatic carbocycles. The van der Waals surface area contributed by atoms with Gasteiger partial charge in [-0.3, -0.25) is 14.2 Å². The number of ether oxygens (including phenoxy) is 1. The second-order valence-corrected chi connectivity index (χ2v) is 6.46. The number of hydrogen-bond donors (Lipinski definition) is 1. The number of amides is 1. The first-order valence-electron chi connectivity index (χ1n) is 7.68. The lowest BCUT2D eigenvalue weighted by Gasteiger charge is -2.05. The highest BCUT2D eigenvalue weighted by molar-refractivity contribution is 7.09. The summed E-state index contributed by atoms with van der Waals surface area (Å²) in [6.07, 6.45) is 1.40. The summed E-state index contributed by atoms with van der Waals surface area (Å²) in [6, 6.07) is 0. The molecular weight excluding hydrogens is 344 g/mol. The number of aryl methyl sites for hydroxylation is 2. The van der Waals surface area contributed by atoms with Gasteiger partial charge in [-0.15, -0.1) is 11.3 Å². The Hall–Kier alpha value is -2.52. The van der Waals surface area contributed by atoms with E-state index in [-0.39, 0.29) is 28.1 Å². The van der Waals surface area contributed by atoms with E-state index in [2.05, 4.69) is 15.3 Å². The third-order valence-electron chi connectivity index (χ3n) is 3.68. The third kappa shape index (κ3) is 3.47. The molecule has 0 spiro atoms. The Bertz CT molecular complexity index is 972. The predicted octanol–water partition coefficient (Wildman–Crippen LogP) is 1.64. The van der Waals surface area contributed by atoms with Crippen molar-refractivity contribution in [3.8, 4) is 0 Å². The zero-order valence-electron chi connectivity index (χ0n) is 14.2. The van der Waals surface area contributed by atoms with Crippen LogP contribution in [0.5, 0.6) is 0 Å². The maximum atomic E-state index is 12.7. The molecule has 0 aliphatic heterocycles. The van der Waals surface area contributed by atoms with Crippen molar-refractivity contribution >= 4 is 28.3 Å². The molecule has 1 amide bonds. The first-order valence-corrected chi connectivity index (χ1v) is 8.56. The number of carbonyl (C=O) groups excluding carboxylic acids is 1. The van der Waals surface area contributed by atoms with E-state index in [0.717, 1.165) is 10.7 Å². The second kappa shape index (κ2) is 7.16. The summed E-state index contributed by atoms with van der Waals surface area (Å²) in [5.41, 5.74) is 0.956. The van der Waals surface area contributed by atoms with Gasteiger partial charge in [-0.2, -0.15) is 0 Å². The summed E-state index contributed by atoms with van der Waals surface area (Å²) in [5, 5.41) is 5.68. The van der Waals surface area contributed by atoms with Crippen LogP contribution in [0.15, 0.2) is 20.9 Å². The summed E-state index contributed by atoms with van der Waals surface area (Å²) in [5.74, 6) is -0.0237. The van der Waals surface area contributed by atoms with Gasteiger partial charge in [-0.05, 0) is 13.8 Å². The summed E-state index contributed by atoms with van der Waals surface area (Å²) in [4.78, 5) is 33.7.